The van der Waals surface area contributed by atoms with Gasteiger partial charge in [-0.2, -0.15) is 10.2 Å². The molecular formula is C67H95N11S. The van der Waals surface area contributed by atoms with E-state index in [-0.39, 0.29) is 0 Å². The standard InChI is InChI=1S/C9H12.4C8H11N.2C7H10N2.C6H10N2.C6H9NS/c1-8(2)9-6-4-3-5-7-9;1-7(2)8-3-5-9-6-4-8;1-7(2)8-4-3-5-9-6-8;2*1-7(2)8-5-3-4-6-9-8;1-6(2)7-3-8-5-9-4-7;1-6(2)7-8-4-3-5-9-7;1-5(2)6-3-4-7-8-6;1-5(2)6-7-3-4-8-6/h3-8H,1-2H3;4*3-7H,1-2H3;2*3-6H,1-2H3;4-5H,3H2,1-2H3;3-5H,1-2H3. The normalized spacial score (nSPS) is 10.9. The van der Waals surface area contributed by atoms with E-state index in [1.165, 1.54) is 33.0 Å². The highest BCUT2D eigenvalue weighted by atomic mass is 32.1. The predicted molar refractivity (Wildman–Crippen MR) is 338 cm³/mol. The summed E-state index contributed by atoms with van der Waals surface area (Å²) < 4.78 is 0. The van der Waals surface area contributed by atoms with Gasteiger partial charge in [0.1, 0.15) is 12.2 Å². The van der Waals surface area contributed by atoms with E-state index in [2.05, 4.69) is 210 Å². The smallest absolute Gasteiger partial charge is 0.130 e. The molecule has 0 unspecified atom stereocenters. The third-order valence-electron chi connectivity index (χ3n) is 11.3. The Morgan fingerprint density at radius 1 is 0.342 bits per heavy atom. The summed E-state index contributed by atoms with van der Waals surface area (Å²) in [7, 11) is 0. The van der Waals surface area contributed by atoms with Crippen molar-refractivity contribution in [2.75, 3.05) is 0 Å². The molecule has 79 heavy (non-hydrogen) atoms. The average Bonchev–Trinajstić information content (AvgIpc) is 4.24. The Kier molecular flexibility index (Phi) is 38.0. The monoisotopic (exact) mass is 1090 g/mol. The van der Waals surface area contributed by atoms with Crippen LogP contribution in [0.5, 0.6) is 0 Å². The minimum absolute atomic E-state index is 0.436. The van der Waals surface area contributed by atoms with Gasteiger partial charge in [0.2, 0.25) is 0 Å². The first kappa shape index (κ1) is 70.0. The van der Waals surface area contributed by atoms with Crippen LogP contribution in [0.4, 0.5) is 0 Å². The lowest BCUT2D eigenvalue weighted by atomic mass is 10.0. The van der Waals surface area contributed by atoms with Gasteiger partial charge in [-0.25, -0.2) is 24.9 Å². The third-order valence-corrected chi connectivity index (χ3v) is 12.4. The van der Waals surface area contributed by atoms with Crippen molar-refractivity contribution in [2.24, 2.45) is 16.1 Å². The molecule has 0 aliphatic carbocycles. The summed E-state index contributed by atoms with van der Waals surface area (Å²) in [6.07, 6.45) is 24.4. The third kappa shape index (κ3) is 34.5. The predicted octanol–water partition coefficient (Wildman–Crippen LogP) is 18.6. The fourth-order valence-electron chi connectivity index (χ4n) is 6.12. The van der Waals surface area contributed by atoms with Crippen molar-refractivity contribution in [1.29, 1.82) is 0 Å². The number of hydrogen-bond acceptors (Lipinski definition) is 12. The van der Waals surface area contributed by atoms with E-state index in [9.17, 15) is 0 Å². The van der Waals surface area contributed by atoms with Gasteiger partial charge in [0, 0.05) is 115 Å². The molecule has 0 spiro atoms. The lowest BCUT2D eigenvalue weighted by Gasteiger charge is -2.01. The van der Waals surface area contributed by atoms with Crippen LogP contribution >= 0.6 is 11.3 Å². The van der Waals surface area contributed by atoms with Gasteiger partial charge in [0.15, 0.2) is 0 Å². The summed E-state index contributed by atoms with van der Waals surface area (Å²) in [6, 6.07) is 32.5. The summed E-state index contributed by atoms with van der Waals surface area (Å²) in [5, 5.41) is 10.9. The van der Waals surface area contributed by atoms with Crippen LogP contribution in [0.15, 0.2) is 187 Å². The van der Waals surface area contributed by atoms with Gasteiger partial charge in [-0.15, -0.1) is 11.3 Å². The Morgan fingerprint density at radius 3 is 1.10 bits per heavy atom. The molecule has 9 rings (SSSR count). The van der Waals surface area contributed by atoms with Crippen LogP contribution in [-0.2, 0) is 0 Å². The molecule has 8 heterocycles. The Balaban J connectivity index is 0.000000445. The minimum atomic E-state index is 0.436. The molecule has 1 aliphatic heterocycles. The number of nitrogens with zero attached hydrogens (tertiary/aromatic N) is 11. The second-order valence-electron chi connectivity index (χ2n) is 21.1. The molecule has 0 fully saturated rings. The molecule has 0 amide bonds. The summed E-state index contributed by atoms with van der Waals surface area (Å²) in [4.78, 5) is 36.3. The van der Waals surface area contributed by atoms with Crippen LogP contribution in [0.3, 0.4) is 0 Å². The number of benzene rings is 1. The quantitative estimate of drug-likeness (QED) is 0.138. The second kappa shape index (κ2) is 42.9. The highest BCUT2D eigenvalue weighted by Gasteiger charge is 2.06. The number of hydrogen-bond donors (Lipinski definition) is 0. The van der Waals surface area contributed by atoms with Crippen LogP contribution in [0.2, 0.25) is 0 Å². The minimum Gasteiger partial charge on any atom is -0.265 e. The molecular weight excluding hydrogens is 991 g/mol. The molecule has 0 radical (unpaired) electrons. The molecule has 0 N–H and O–H groups in total. The van der Waals surface area contributed by atoms with E-state index in [1.54, 1.807) is 36.3 Å². The topological polar surface area (TPSA) is 141 Å². The maximum Gasteiger partial charge on any atom is 0.130 e. The fraction of sp³-hybridized carbons (Fsp3) is 0.418. The van der Waals surface area contributed by atoms with Crippen molar-refractivity contribution < 1.29 is 0 Å². The first-order valence-corrected chi connectivity index (χ1v) is 28.8. The SMILES string of the molecule is CC(C)C1=NN=CC1.CC(C)c1ccccc1.CC(C)c1ccccn1.CC(C)c1ccccn1.CC(C)c1cccnc1.CC(C)c1ccncc1.CC(C)c1cncnc1.CC(C)c1ncccn1.CC(C)c1nccs1. The van der Waals surface area contributed by atoms with E-state index in [0.29, 0.717) is 53.3 Å². The number of rotatable bonds is 9. The maximum absolute atomic E-state index is 4.18. The zero-order valence-electron chi connectivity index (χ0n) is 51.1. The Bertz CT molecular complexity index is 2220. The lowest BCUT2D eigenvalue weighted by Crippen LogP contribution is -2.03. The average molecular weight is 1090 g/mol. The zero-order chi connectivity index (χ0) is 58.8. The van der Waals surface area contributed by atoms with Gasteiger partial charge >= 0.3 is 0 Å². The van der Waals surface area contributed by atoms with E-state index >= 15 is 0 Å². The first-order chi connectivity index (χ1) is 37.7. The summed E-state index contributed by atoms with van der Waals surface area (Å²) in [6.45, 7) is 38.6. The molecule has 12 heteroatoms. The van der Waals surface area contributed by atoms with Crippen LogP contribution < -0.4 is 0 Å². The van der Waals surface area contributed by atoms with E-state index in [4.69, 9.17) is 0 Å². The molecule has 1 aliphatic rings. The molecule has 0 saturated heterocycles. The van der Waals surface area contributed by atoms with Crippen molar-refractivity contribution in [2.45, 2.75) is 178 Å². The molecule has 0 saturated carbocycles. The van der Waals surface area contributed by atoms with E-state index in [0.717, 1.165) is 23.6 Å². The zero-order valence-corrected chi connectivity index (χ0v) is 51.9. The largest absolute Gasteiger partial charge is 0.265 e. The van der Waals surface area contributed by atoms with Gasteiger partial charge < -0.3 is 0 Å². The summed E-state index contributed by atoms with van der Waals surface area (Å²) in [5.74, 6) is 6.01. The van der Waals surface area contributed by atoms with Gasteiger partial charge in [-0.05, 0) is 112 Å². The molecule has 7 aromatic heterocycles. The molecule has 0 atom stereocenters. The second-order valence-corrected chi connectivity index (χ2v) is 22.0. The van der Waals surface area contributed by atoms with E-state index in [1.807, 2.05) is 128 Å². The van der Waals surface area contributed by atoms with E-state index < -0.39 is 0 Å². The molecule has 0 bridgehead atoms. The van der Waals surface area contributed by atoms with Crippen LogP contribution in [-0.4, -0.2) is 56.8 Å². The maximum atomic E-state index is 4.18. The molecule has 8 aromatic rings. The van der Waals surface area contributed by atoms with Gasteiger partial charge in [-0.3, -0.25) is 19.9 Å². The number of thiazole rings is 1. The highest BCUT2D eigenvalue weighted by molar-refractivity contribution is 7.09. The van der Waals surface area contributed by atoms with Gasteiger partial charge in [0.25, 0.3) is 0 Å². The Hall–Kier alpha value is -7.05. The Labute approximate surface area is 481 Å². The molecule has 1 aromatic carbocycles. The molecule has 424 valence electrons. The van der Waals surface area contributed by atoms with Crippen molar-refractivity contribution in [3.63, 3.8) is 0 Å². The van der Waals surface area contributed by atoms with Crippen LogP contribution in [0.25, 0.3) is 0 Å². The number of aromatic nitrogens is 9. The number of pyridine rings is 4. The van der Waals surface area contributed by atoms with Gasteiger partial charge in [-0.1, -0.05) is 173 Å². The highest BCUT2D eigenvalue weighted by Crippen LogP contribution is 2.16. The summed E-state index contributed by atoms with van der Waals surface area (Å²) in [5.41, 5.74) is 8.79. The van der Waals surface area contributed by atoms with Crippen LogP contribution in [0, 0.1) is 5.92 Å². The van der Waals surface area contributed by atoms with Gasteiger partial charge in [0.05, 0.1) is 5.01 Å². The van der Waals surface area contributed by atoms with Crippen molar-refractivity contribution in [3.05, 3.63) is 221 Å². The van der Waals surface area contributed by atoms with Crippen molar-refractivity contribution in [1.82, 2.24) is 44.9 Å². The summed E-state index contributed by atoms with van der Waals surface area (Å²) >= 11 is 1.72. The fourth-order valence-corrected chi connectivity index (χ4v) is 6.77. The van der Waals surface area contributed by atoms with Crippen molar-refractivity contribution >= 4 is 23.3 Å². The van der Waals surface area contributed by atoms with Crippen molar-refractivity contribution in [3.8, 4) is 0 Å². The molecule has 11 nitrogen and oxygen atoms in total. The van der Waals surface area contributed by atoms with Crippen LogP contribution in [0.1, 0.15) is 223 Å². The lowest BCUT2D eigenvalue weighted by molar-refractivity contribution is 0.774. The first-order valence-electron chi connectivity index (χ1n) is 27.9. The Morgan fingerprint density at radius 2 is 0.823 bits per heavy atom.